The number of carbonyl (C=O) groups excluding carboxylic acids is 1. The third kappa shape index (κ3) is 2.32. The van der Waals surface area contributed by atoms with Crippen molar-refractivity contribution in [3.63, 3.8) is 0 Å². The SMILES string of the molecule is Cl.O=C(C1CC2CCCCC2N1)N1CC2(CC2)c2ccccc21. The van der Waals surface area contributed by atoms with Gasteiger partial charge in [-0.05, 0) is 49.7 Å². The molecule has 2 aliphatic carbocycles. The van der Waals surface area contributed by atoms with E-state index in [1.807, 2.05) is 0 Å². The van der Waals surface area contributed by atoms with E-state index in [4.69, 9.17) is 0 Å². The predicted molar refractivity (Wildman–Crippen MR) is 94.2 cm³/mol. The predicted octanol–water partition coefficient (Wildman–Crippen LogP) is 3.41. The number of hydrogen-bond donors (Lipinski definition) is 1. The molecule has 124 valence electrons. The molecular weight excluding hydrogens is 308 g/mol. The zero-order chi connectivity index (χ0) is 14.7. The van der Waals surface area contributed by atoms with Gasteiger partial charge in [-0.1, -0.05) is 31.0 Å². The Bertz CT molecular complexity index is 614. The van der Waals surface area contributed by atoms with Crippen LogP contribution >= 0.6 is 12.4 Å². The monoisotopic (exact) mass is 332 g/mol. The summed E-state index contributed by atoms with van der Waals surface area (Å²) in [5, 5.41) is 3.66. The number of benzene rings is 1. The number of amides is 1. The van der Waals surface area contributed by atoms with Gasteiger partial charge in [0.15, 0.2) is 0 Å². The summed E-state index contributed by atoms with van der Waals surface area (Å²) >= 11 is 0. The Morgan fingerprint density at radius 1 is 1.17 bits per heavy atom. The minimum Gasteiger partial charge on any atom is -0.310 e. The van der Waals surface area contributed by atoms with Crippen molar-refractivity contribution in [2.45, 2.75) is 62.4 Å². The number of fused-ring (bicyclic) bond motifs is 3. The van der Waals surface area contributed by atoms with Crippen LogP contribution in [0.4, 0.5) is 5.69 Å². The third-order valence-corrected chi connectivity index (χ3v) is 6.51. The number of nitrogens with zero attached hydrogens (tertiary/aromatic N) is 1. The molecule has 4 heteroatoms. The van der Waals surface area contributed by atoms with Crippen LogP contribution in [0.2, 0.25) is 0 Å². The van der Waals surface area contributed by atoms with E-state index in [2.05, 4.69) is 34.5 Å². The molecule has 23 heavy (non-hydrogen) atoms. The molecule has 1 aromatic carbocycles. The van der Waals surface area contributed by atoms with Crippen molar-refractivity contribution in [2.24, 2.45) is 5.92 Å². The van der Waals surface area contributed by atoms with Gasteiger partial charge >= 0.3 is 0 Å². The van der Waals surface area contributed by atoms with Crippen LogP contribution in [0.25, 0.3) is 0 Å². The summed E-state index contributed by atoms with van der Waals surface area (Å²) in [6, 6.07) is 9.21. The number of rotatable bonds is 1. The number of hydrogen-bond acceptors (Lipinski definition) is 2. The van der Waals surface area contributed by atoms with Gasteiger partial charge in [0, 0.05) is 23.7 Å². The first-order valence-corrected chi connectivity index (χ1v) is 8.94. The van der Waals surface area contributed by atoms with Crippen molar-refractivity contribution >= 4 is 24.0 Å². The van der Waals surface area contributed by atoms with Gasteiger partial charge < -0.3 is 10.2 Å². The summed E-state index contributed by atoms with van der Waals surface area (Å²) in [5.41, 5.74) is 2.90. The molecule has 0 radical (unpaired) electrons. The van der Waals surface area contributed by atoms with Crippen molar-refractivity contribution in [3.05, 3.63) is 29.8 Å². The molecule has 2 saturated carbocycles. The van der Waals surface area contributed by atoms with Crippen molar-refractivity contribution in [2.75, 3.05) is 11.4 Å². The molecule has 1 amide bonds. The lowest BCUT2D eigenvalue weighted by Gasteiger charge is -2.24. The molecule has 1 N–H and O–H groups in total. The average molecular weight is 333 g/mol. The highest BCUT2D eigenvalue weighted by atomic mass is 35.5. The zero-order valence-corrected chi connectivity index (χ0v) is 14.3. The highest BCUT2D eigenvalue weighted by Crippen LogP contribution is 2.56. The standard InChI is InChI=1S/C19H24N2O.ClH/c22-18(16-11-13-5-1-3-7-15(13)20-16)21-12-19(9-10-19)14-6-2-4-8-17(14)21;/h2,4,6,8,13,15-16,20H,1,3,5,7,9-12H2;1H. The first-order valence-electron chi connectivity index (χ1n) is 8.94. The number of anilines is 1. The number of halogens is 1. The van der Waals surface area contributed by atoms with E-state index in [1.165, 1.54) is 49.8 Å². The molecule has 1 spiro atoms. The van der Waals surface area contributed by atoms with Gasteiger partial charge in [-0.3, -0.25) is 4.79 Å². The molecule has 0 bridgehead atoms. The molecule has 2 aliphatic heterocycles. The quantitative estimate of drug-likeness (QED) is 0.854. The lowest BCUT2D eigenvalue weighted by atomic mass is 9.85. The largest absolute Gasteiger partial charge is 0.310 e. The summed E-state index contributed by atoms with van der Waals surface area (Å²) in [6.45, 7) is 0.915. The van der Waals surface area contributed by atoms with Crippen LogP contribution in [-0.2, 0) is 10.2 Å². The Kier molecular flexibility index (Phi) is 3.69. The normalized spacial score (nSPS) is 33.0. The maximum Gasteiger partial charge on any atom is 0.244 e. The Balaban J connectivity index is 0.00000135. The van der Waals surface area contributed by atoms with E-state index in [1.54, 1.807) is 0 Å². The molecule has 3 fully saturated rings. The van der Waals surface area contributed by atoms with Crippen LogP contribution in [0.3, 0.4) is 0 Å². The molecule has 3 nitrogen and oxygen atoms in total. The average Bonchev–Trinajstić information content (AvgIpc) is 3.08. The second-order valence-corrected chi connectivity index (χ2v) is 7.83. The summed E-state index contributed by atoms with van der Waals surface area (Å²) in [4.78, 5) is 15.2. The van der Waals surface area contributed by atoms with Crippen LogP contribution in [0.15, 0.2) is 24.3 Å². The molecule has 1 aromatic rings. The first kappa shape index (κ1) is 15.5. The maximum atomic E-state index is 13.1. The zero-order valence-electron chi connectivity index (χ0n) is 13.5. The fourth-order valence-electron chi connectivity index (χ4n) is 5.10. The van der Waals surface area contributed by atoms with Crippen LogP contribution in [-0.4, -0.2) is 24.5 Å². The topological polar surface area (TPSA) is 32.3 Å². The second-order valence-electron chi connectivity index (χ2n) is 7.83. The van der Waals surface area contributed by atoms with Gasteiger partial charge in [0.1, 0.15) is 0 Å². The van der Waals surface area contributed by atoms with Gasteiger partial charge in [-0.15, -0.1) is 12.4 Å². The first-order chi connectivity index (χ1) is 10.8. The Hall–Kier alpha value is -1.06. The summed E-state index contributed by atoms with van der Waals surface area (Å²) in [7, 11) is 0. The van der Waals surface area contributed by atoms with Crippen molar-refractivity contribution in [1.29, 1.82) is 0 Å². The number of carbonyl (C=O) groups is 1. The van der Waals surface area contributed by atoms with Crippen molar-refractivity contribution in [3.8, 4) is 0 Å². The van der Waals surface area contributed by atoms with Gasteiger partial charge in [0.05, 0.1) is 6.04 Å². The van der Waals surface area contributed by atoms with Gasteiger partial charge in [-0.2, -0.15) is 0 Å². The molecule has 5 rings (SSSR count). The number of nitrogens with one attached hydrogen (secondary N) is 1. The van der Waals surface area contributed by atoms with Crippen LogP contribution in [0.5, 0.6) is 0 Å². The molecule has 0 aromatic heterocycles. The number of para-hydroxylation sites is 1. The highest BCUT2D eigenvalue weighted by Gasteiger charge is 2.54. The fourth-order valence-corrected chi connectivity index (χ4v) is 5.10. The Labute approximate surface area is 144 Å². The van der Waals surface area contributed by atoms with E-state index < -0.39 is 0 Å². The highest BCUT2D eigenvalue weighted by molar-refractivity contribution is 6.00. The van der Waals surface area contributed by atoms with Crippen molar-refractivity contribution < 1.29 is 4.79 Å². The molecule has 2 heterocycles. The Morgan fingerprint density at radius 2 is 1.96 bits per heavy atom. The van der Waals surface area contributed by atoms with Gasteiger partial charge in [0.25, 0.3) is 0 Å². The summed E-state index contributed by atoms with van der Waals surface area (Å²) in [6.07, 6.45) is 8.78. The maximum absolute atomic E-state index is 13.1. The fraction of sp³-hybridized carbons (Fsp3) is 0.632. The van der Waals surface area contributed by atoms with Gasteiger partial charge in [0.2, 0.25) is 5.91 Å². The smallest absolute Gasteiger partial charge is 0.244 e. The molecule has 3 atom stereocenters. The van der Waals surface area contributed by atoms with Crippen LogP contribution < -0.4 is 10.2 Å². The minimum atomic E-state index is 0. The Morgan fingerprint density at radius 3 is 2.74 bits per heavy atom. The van der Waals surface area contributed by atoms with E-state index >= 15 is 0 Å². The second kappa shape index (κ2) is 5.49. The van der Waals surface area contributed by atoms with E-state index in [0.717, 1.165) is 18.9 Å². The molecule has 3 unspecified atom stereocenters. The molecular formula is C19H25ClN2O. The third-order valence-electron chi connectivity index (χ3n) is 6.51. The molecule has 4 aliphatic rings. The van der Waals surface area contributed by atoms with E-state index in [0.29, 0.717) is 17.4 Å². The lowest BCUT2D eigenvalue weighted by molar-refractivity contribution is -0.120. The summed E-state index contributed by atoms with van der Waals surface area (Å²) in [5.74, 6) is 1.06. The van der Waals surface area contributed by atoms with E-state index in [-0.39, 0.29) is 18.4 Å². The van der Waals surface area contributed by atoms with Crippen LogP contribution in [0.1, 0.15) is 50.5 Å². The lowest BCUT2D eigenvalue weighted by Crippen LogP contribution is -2.45. The summed E-state index contributed by atoms with van der Waals surface area (Å²) < 4.78 is 0. The van der Waals surface area contributed by atoms with Crippen molar-refractivity contribution in [1.82, 2.24) is 5.32 Å². The van der Waals surface area contributed by atoms with Crippen LogP contribution in [0, 0.1) is 5.92 Å². The van der Waals surface area contributed by atoms with E-state index in [9.17, 15) is 4.79 Å². The van der Waals surface area contributed by atoms with Gasteiger partial charge in [-0.25, -0.2) is 0 Å². The molecule has 1 saturated heterocycles. The minimum absolute atomic E-state index is 0.